The number of hydrogen-bond donors (Lipinski definition) is 1. The van der Waals surface area contributed by atoms with Crippen molar-refractivity contribution in [3.63, 3.8) is 0 Å². The minimum atomic E-state index is -0.440. The Kier molecular flexibility index (Phi) is 5.78. The summed E-state index contributed by atoms with van der Waals surface area (Å²) < 4.78 is 0. The van der Waals surface area contributed by atoms with Crippen molar-refractivity contribution in [2.24, 2.45) is 0 Å². The molecule has 4 nitrogen and oxygen atoms in total. The molecule has 1 aromatic rings. The van der Waals surface area contributed by atoms with Gasteiger partial charge >= 0.3 is 0 Å². The molecule has 0 aromatic heterocycles. The van der Waals surface area contributed by atoms with Gasteiger partial charge in [0.2, 0.25) is 11.8 Å². The molecule has 1 N–H and O–H groups in total. The largest absolute Gasteiger partial charge is 0.344 e. The fourth-order valence-corrected chi connectivity index (χ4v) is 2.70. The van der Waals surface area contributed by atoms with E-state index in [0.717, 1.165) is 37.9 Å². The Labute approximate surface area is 126 Å². The van der Waals surface area contributed by atoms with Crippen LogP contribution >= 0.6 is 0 Å². The highest BCUT2D eigenvalue weighted by Crippen LogP contribution is 2.12. The molecule has 2 rings (SSSR count). The maximum Gasteiger partial charge on any atom is 0.245 e. The molecule has 1 heterocycles. The highest BCUT2D eigenvalue weighted by atomic mass is 16.2. The van der Waals surface area contributed by atoms with Gasteiger partial charge in [-0.1, -0.05) is 37.3 Å². The van der Waals surface area contributed by atoms with E-state index in [-0.39, 0.29) is 11.8 Å². The Morgan fingerprint density at radius 3 is 2.48 bits per heavy atom. The van der Waals surface area contributed by atoms with E-state index < -0.39 is 6.04 Å². The number of carbonyl (C=O) groups is 2. The molecule has 1 fully saturated rings. The van der Waals surface area contributed by atoms with E-state index >= 15 is 0 Å². The van der Waals surface area contributed by atoms with Crippen molar-refractivity contribution in [2.75, 3.05) is 13.1 Å². The molecule has 1 saturated heterocycles. The first-order chi connectivity index (χ1) is 10.2. The summed E-state index contributed by atoms with van der Waals surface area (Å²) >= 11 is 0. The third kappa shape index (κ3) is 4.59. The Bertz CT molecular complexity index is 467. The first-order valence-corrected chi connectivity index (χ1v) is 7.82. The molecule has 0 unspecified atom stereocenters. The second kappa shape index (κ2) is 7.81. The quantitative estimate of drug-likeness (QED) is 0.872. The zero-order chi connectivity index (χ0) is 15.1. The van der Waals surface area contributed by atoms with E-state index in [9.17, 15) is 9.59 Å². The molecule has 1 aromatic carbocycles. The zero-order valence-electron chi connectivity index (χ0n) is 12.7. The van der Waals surface area contributed by atoms with Gasteiger partial charge in [0, 0.05) is 25.9 Å². The van der Waals surface area contributed by atoms with Gasteiger partial charge in [-0.15, -0.1) is 0 Å². The first-order valence-electron chi connectivity index (χ1n) is 7.82. The second-order valence-corrected chi connectivity index (χ2v) is 5.59. The fraction of sp³-hybridized carbons (Fsp3) is 0.529. The van der Waals surface area contributed by atoms with E-state index in [2.05, 4.69) is 5.32 Å². The summed E-state index contributed by atoms with van der Waals surface area (Å²) in [6.45, 7) is 3.59. The van der Waals surface area contributed by atoms with E-state index in [0.29, 0.717) is 12.8 Å². The second-order valence-electron chi connectivity index (χ2n) is 5.59. The van der Waals surface area contributed by atoms with Gasteiger partial charge in [-0.3, -0.25) is 9.59 Å². The van der Waals surface area contributed by atoms with Crippen molar-refractivity contribution in [1.29, 1.82) is 0 Å². The lowest BCUT2D eigenvalue weighted by atomic mass is 10.0. The molecule has 4 heteroatoms. The van der Waals surface area contributed by atoms with Crippen molar-refractivity contribution in [3.8, 4) is 0 Å². The maximum atomic E-state index is 12.6. The van der Waals surface area contributed by atoms with Crippen LogP contribution in [-0.2, 0) is 16.0 Å². The van der Waals surface area contributed by atoms with Crippen LogP contribution in [0.25, 0.3) is 0 Å². The molecule has 0 bridgehead atoms. The molecule has 1 atom stereocenters. The van der Waals surface area contributed by atoms with E-state index in [4.69, 9.17) is 0 Å². The van der Waals surface area contributed by atoms with Crippen LogP contribution in [0.3, 0.4) is 0 Å². The number of nitrogens with zero attached hydrogens (tertiary/aromatic N) is 1. The van der Waals surface area contributed by atoms with Gasteiger partial charge in [0.15, 0.2) is 0 Å². The van der Waals surface area contributed by atoms with Crippen molar-refractivity contribution >= 4 is 11.8 Å². The van der Waals surface area contributed by atoms with Crippen molar-refractivity contribution in [2.45, 2.75) is 45.1 Å². The number of hydrogen-bond acceptors (Lipinski definition) is 2. The normalized spacial score (nSPS) is 15.8. The highest BCUT2D eigenvalue weighted by molar-refractivity contribution is 5.88. The maximum absolute atomic E-state index is 12.6. The fourth-order valence-electron chi connectivity index (χ4n) is 2.70. The number of carbonyl (C=O) groups excluding carboxylic acids is 2. The van der Waals surface area contributed by atoms with Crippen LogP contribution in [-0.4, -0.2) is 35.8 Å². The number of rotatable bonds is 6. The number of nitrogens with one attached hydrogen (secondary N) is 1. The van der Waals surface area contributed by atoms with Crippen LogP contribution in [0.5, 0.6) is 0 Å². The van der Waals surface area contributed by atoms with Crippen LogP contribution in [0.2, 0.25) is 0 Å². The van der Waals surface area contributed by atoms with Gasteiger partial charge in [-0.25, -0.2) is 0 Å². The third-order valence-electron chi connectivity index (χ3n) is 3.81. The predicted octanol–water partition coefficient (Wildman–Crippen LogP) is 2.14. The first kappa shape index (κ1) is 15.5. The molecule has 1 aliphatic heterocycles. The summed E-state index contributed by atoms with van der Waals surface area (Å²) in [6.07, 6.45) is 3.95. The van der Waals surface area contributed by atoms with E-state index in [1.807, 2.05) is 42.2 Å². The van der Waals surface area contributed by atoms with Gasteiger partial charge in [0.25, 0.3) is 0 Å². The monoisotopic (exact) mass is 288 g/mol. The molecule has 0 radical (unpaired) electrons. The van der Waals surface area contributed by atoms with Crippen molar-refractivity contribution in [3.05, 3.63) is 35.9 Å². The van der Waals surface area contributed by atoms with Crippen LogP contribution in [0.1, 0.15) is 38.2 Å². The molecule has 114 valence electrons. The lowest BCUT2D eigenvalue weighted by molar-refractivity contribution is -0.135. The molecular weight excluding hydrogens is 264 g/mol. The number of amides is 2. The SMILES string of the molecule is CCCC(=O)N[C@@H](Cc1ccccc1)C(=O)N1CCCC1. The van der Waals surface area contributed by atoms with Crippen LogP contribution in [0, 0.1) is 0 Å². The minimum absolute atomic E-state index is 0.0361. The highest BCUT2D eigenvalue weighted by Gasteiger charge is 2.27. The van der Waals surface area contributed by atoms with Crippen LogP contribution < -0.4 is 5.32 Å². The third-order valence-corrected chi connectivity index (χ3v) is 3.81. The Balaban J connectivity index is 2.05. The lowest BCUT2D eigenvalue weighted by Gasteiger charge is -2.24. The van der Waals surface area contributed by atoms with Gasteiger partial charge in [-0.2, -0.15) is 0 Å². The zero-order valence-corrected chi connectivity index (χ0v) is 12.7. The van der Waals surface area contributed by atoms with Gasteiger partial charge in [0.1, 0.15) is 6.04 Å². The van der Waals surface area contributed by atoms with Gasteiger partial charge < -0.3 is 10.2 Å². The predicted molar refractivity (Wildman–Crippen MR) is 82.8 cm³/mol. The molecule has 2 amide bonds. The molecule has 1 aliphatic rings. The summed E-state index contributed by atoms with van der Waals surface area (Å²) in [5.74, 6) is 0.0202. The molecular formula is C17H24N2O2. The summed E-state index contributed by atoms with van der Waals surface area (Å²) in [6, 6.07) is 9.42. The smallest absolute Gasteiger partial charge is 0.245 e. The molecule has 0 aliphatic carbocycles. The topological polar surface area (TPSA) is 49.4 Å². The Morgan fingerprint density at radius 2 is 1.86 bits per heavy atom. The summed E-state index contributed by atoms with van der Waals surface area (Å²) in [4.78, 5) is 26.4. The van der Waals surface area contributed by atoms with Crippen molar-refractivity contribution < 1.29 is 9.59 Å². The summed E-state index contributed by atoms with van der Waals surface area (Å²) in [5, 5.41) is 2.91. The van der Waals surface area contributed by atoms with E-state index in [1.165, 1.54) is 0 Å². The average molecular weight is 288 g/mol. The molecule has 0 saturated carbocycles. The standard InChI is InChI=1S/C17H24N2O2/c1-2-8-16(20)18-15(13-14-9-4-3-5-10-14)17(21)19-11-6-7-12-19/h3-5,9-10,15H,2,6-8,11-13H2,1H3,(H,18,20)/t15-/m0/s1. The van der Waals surface area contributed by atoms with E-state index in [1.54, 1.807) is 0 Å². The van der Waals surface area contributed by atoms with Gasteiger partial charge in [0.05, 0.1) is 0 Å². The molecule has 21 heavy (non-hydrogen) atoms. The number of benzene rings is 1. The van der Waals surface area contributed by atoms with Crippen LogP contribution in [0.4, 0.5) is 0 Å². The summed E-state index contributed by atoms with van der Waals surface area (Å²) in [7, 11) is 0. The average Bonchev–Trinajstić information content (AvgIpc) is 3.01. The minimum Gasteiger partial charge on any atom is -0.344 e. The lowest BCUT2D eigenvalue weighted by Crippen LogP contribution is -2.48. The summed E-state index contributed by atoms with van der Waals surface area (Å²) in [5.41, 5.74) is 1.08. The number of likely N-dealkylation sites (tertiary alicyclic amines) is 1. The van der Waals surface area contributed by atoms with Gasteiger partial charge in [-0.05, 0) is 24.8 Å². The van der Waals surface area contributed by atoms with Crippen molar-refractivity contribution in [1.82, 2.24) is 10.2 Å². The Morgan fingerprint density at radius 1 is 1.19 bits per heavy atom. The molecule has 0 spiro atoms. The van der Waals surface area contributed by atoms with Crippen LogP contribution in [0.15, 0.2) is 30.3 Å². The Hall–Kier alpha value is -1.84.